The first kappa shape index (κ1) is 15.4. The molecule has 3 rings (SSSR count). The summed E-state index contributed by atoms with van der Waals surface area (Å²) in [5, 5.41) is 20.0. The monoisotopic (exact) mass is 316 g/mol. The number of hydrogen-bond donors (Lipinski definition) is 1. The van der Waals surface area contributed by atoms with Gasteiger partial charge in [-0.2, -0.15) is 10.4 Å². The highest BCUT2D eigenvalue weighted by molar-refractivity contribution is 5.76. The average Bonchev–Trinajstić information content (AvgIpc) is 2.62. The van der Waals surface area contributed by atoms with E-state index in [2.05, 4.69) is 22.1 Å². The van der Waals surface area contributed by atoms with Gasteiger partial charge in [0, 0.05) is 5.56 Å². The fourth-order valence-corrected chi connectivity index (χ4v) is 2.43. The van der Waals surface area contributed by atoms with Gasteiger partial charge in [0.05, 0.1) is 17.8 Å². The van der Waals surface area contributed by atoms with Crippen LogP contribution in [-0.4, -0.2) is 10.2 Å². The second-order valence-corrected chi connectivity index (χ2v) is 5.06. The maximum absolute atomic E-state index is 13.3. The molecule has 0 bridgehead atoms. The van der Waals surface area contributed by atoms with E-state index < -0.39 is 5.82 Å². The number of aromatic nitrogens is 2. The van der Waals surface area contributed by atoms with E-state index in [-0.39, 0.29) is 0 Å². The normalized spacial score (nSPS) is 10.0. The zero-order chi connectivity index (χ0) is 16.9. The summed E-state index contributed by atoms with van der Waals surface area (Å²) in [6.45, 7) is 3.60. The molecule has 2 aromatic carbocycles. The van der Waals surface area contributed by atoms with Crippen molar-refractivity contribution in [3.63, 3.8) is 0 Å². The van der Waals surface area contributed by atoms with Crippen molar-refractivity contribution in [2.45, 2.75) is 0 Å². The van der Waals surface area contributed by atoms with Crippen molar-refractivity contribution in [1.29, 1.82) is 5.26 Å². The third kappa shape index (κ3) is 3.13. The third-order valence-electron chi connectivity index (χ3n) is 3.51. The van der Waals surface area contributed by atoms with Gasteiger partial charge >= 0.3 is 0 Å². The number of anilines is 1. The van der Waals surface area contributed by atoms with E-state index in [0.29, 0.717) is 16.9 Å². The van der Waals surface area contributed by atoms with Crippen LogP contribution in [0.4, 0.5) is 10.2 Å². The van der Waals surface area contributed by atoms with Crippen LogP contribution >= 0.6 is 0 Å². The molecule has 0 saturated carbocycles. The van der Waals surface area contributed by atoms with Crippen molar-refractivity contribution in [3.8, 4) is 28.3 Å². The maximum atomic E-state index is 13.3. The molecule has 1 N–H and O–H groups in total. The summed E-state index contributed by atoms with van der Waals surface area (Å²) in [6, 6.07) is 15.7. The first-order valence-corrected chi connectivity index (χ1v) is 7.22. The van der Waals surface area contributed by atoms with E-state index in [4.69, 9.17) is 0 Å². The first-order valence-electron chi connectivity index (χ1n) is 7.22. The van der Waals surface area contributed by atoms with Crippen LogP contribution in [0.1, 0.15) is 5.56 Å². The van der Waals surface area contributed by atoms with Crippen molar-refractivity contribution >= 4 is 5.82 Å². The van der Waals surface area contributed by atoms with Gasteiger partial charge in [-0.25, -0.2) is 4.39 Å². The number of rotatable bonds is 4. The lowest BCUT2D eigenvalue weighted by atomic mass is 9.97. The molecule has 0 saturated heterocycles. The molecule has 0 spiro atoms. The zero-order valence-electron chi connectivity index (χ0n) is 12.7. The minimum Gasteiger partial charge on any atom is -0.346 e. The van der Waals surface area contributed by atoms with Gasteiger partial charge in [-0.15, -0.1) is 5.10 Å². The van der Waals surface area contributed by atoms with E-state index in [9.17, 15) is 9.65 Å². The van der Waals surface area contributed by atoms with Gasteiger partial charge in [-0.05, 0) is 47.2 Å². The molecule has 116 valence electrons. The fourth-order valence-electron chi connectivity index (χ4n) is 2.43. The number of halogens is 1. The molecule has 24 heavy (non-hydrogen) atoms. The molecule has 0 amide bonds. The standard InChI is InChI=1S/C19H13FN4/c1-2-22-19-10-16(12-23-24-19)13-4-3-5-14(8-13)18-7-6-17(20)9-15(18)11-21/h2-10,12H,1H2,(H,22,24). The number of nitrogens with one attached hydrogen (secondary N) is 1. The number of nitriles is 1. The summed E-state index contributed by atoms with van der Waals surface area (Å²) >= 11 is 0. The van der Waals surface area contributed by atoms with Gasteiger partial charge in [0.1, 0.15) is 5.82 Å². The van der Waals surface area contributed by atoms with E-state index in [0.717, 1.165) is 16.7 Å². The van der Waals surface area contributed by atoms with Crippen molar-refractivity contribution < 1.29 is 4.39 Å². The Morgan fingerprint density at radius 1 is 1.08 bits per heavy atom. The van der Waals surface area contributed by atoms with Crippen molar-refractivity contribution in [2.24, 2.45) is 0 Å². The maximum Gasteiger partial charge on any atom is 0.153 e. The van der Waals surface area contributed by atoms with Crippen LogP contribution < -0.4 is 5.32 Å². The summed E-state index contributed by atoms with van der Waals surface area (Å²) in [4.78, 5) is 0. The lowest BCUT2D eigenvalue weighted by Gasteiger charge is -2.08. The molecule has 0 fully saturated rings. The van der Waals surface area contributed by atoms with Crippen LogP contribution in [0.2, 0.25) is 0 Å². The van der Waals surface area contributed by atoms with E-state index in [1.807, 2.05) is 36.4 Å². The van der Waals surface area contributed by atoms with Crippen molar-refractivity contribution in [3.05, 3.63) is 78.9 Å². The minimum atomic E-state index is -0.426. The van der Waals surface area contributed by atoms with Gasteiger partial charge in [-0.3, -0.25) is 0 Å². The van der Waals surface area contributed by atoms with Gasteiger partial charge in [0.15, 0.2) is 5.82 Å². The highest BCUT2D eigenvalue weighted by Gasteiger charge is 2.08. The number of benzene rings is 2. The van der Waals surface area contributed by atoms with Gasteiger partial charge in [-0.1, -0.05) is 30.8 Å². The summed E-state index contributed by atoms with van der Waals surface area (Å²) < 4.78 is 13.3. The molecule has 0 aliphatic carbocycles. The highest BCUT2D eigenvalue weighted by Crippen LogP contribution is 2.29. The summed E-state index contributed by atoms with van der Waals surface area (Å²) in [5.41, 5.74) is 3.61. The van der Waals surface area contributed by atoms with Crippen LogP contribution in [0.25, 0.3) is 22.3 Å². The second kappa shape index (κ2) is 6.71. The lowest BCUT2D eigenvalue weighted by Crippen LogP contribution is -1.94. The molecule has 1 aromatic heterocycles. The zero-order valence-corrected chi connectivity index (χ0v) is 12.7. The van der Waals surface area contributed by atoms with Crippen LogP contribution in [0, 0.1) is 17.1 Å². The molecular weight excluding hydrogens is 303 g/mol. The van der Waals surface area contributed by atoms with Gasteiger partial charge in [0.2, 0.25) is 0 Å². The van der Waals surface area contributed by atoms with Crippen molar-refractivity contribution in [2.75, 3.05) is 5.32 Å². The number of hydrogen-bond acceptors (Lipinski definition) is 4. The van der Waals surface area contributed by atoms with Gasteiger partial charge in [0.25, 0.3) is 0 Å². The van der Waals surface area contributed by atoms with Crippen molar-refractivity contribution in [1.82, 2.24) is 10.2 Å². The molecule has 0 unspecified atom stereocenters. The topological polar surface area (TPSA) is 61.6 Å². The highest BCUT2D eigenvalue weighted by atomic mass is 19.1. The Morgan fingerprint density at radius 2 is 1.92 bits per heavy atom. The molecule has 4 nitrogen and oxygen atoms in total. The Balaban J connectivity index is 2.06. The van der Waals surface area contributed by atoms with Crippen LogP contribution in [0.3, 0.4) is 0 Å². The average molecular weight is 316 g/mol. The Kier molecular flexibility index (Phi) is 4.30. The molecular formula is C19H13FN4. The molecule has 0 atom stereocenters. The van der Waals surface area contributed by atoms with Gasteiger partial charge < -0.3 is 5.32 Å². The Labute approximate surface area is 138 Å². The molecule has 1 heterocycles. The molecule has 3 aromatic rings. The SMILES string of the molecule is C=CNc1cc(-c2cccc(-c3ccc(F)cc3C#N)c2)cnn1. The lowest BCUT2D eigenvalue weighted by molar-refractivity contribution is 0.627. The third-order valence-corrected chi connectivity index (χ3v) is 3.51. The largest absolute Gasteiger partial charge is 0.346 e. The molecule has 5 heteroatoms. The summed E-state index contributed by atoms with van der Waals surface area (Å²) in [5.74, 6) is 0.164. The molecule has 0 radical (unpaired) electrons. The van der Waals surface area contributed by atoms with E-state index in [1.54, 1.807) is 12.3 Å². The smallest absolute Gasteiger partial charge is 0.153 e. The van der Waals surface area contributed by atoms with E-state index >= 15 is 0 Å². The Hall–Kier alpha value is -3.52. The van der Waals surface area contributed by atoms with Crippen LogP contribution in [0.15, 0.2) is 67.5 Å². The molecule has 0 aliphatic heterocycles. The first-order chi connectivity index (χ1) is 11.7. The fraction of sp³-hybridized carbons (Fsp3) is 0. The van der Waals surface area contributed by atoms with Crippen LogP contribution in [-0.2, 0) is 0 Å². The number of nitrogens with zero attached hydrogens (tertiary/aromatic N) is 3. The summed E-state index contributed by atoms with van der Waals surface area (Å²) in [7, 11) is 0. The van der Waals surface area contributed by atoms with E-state index in [1.165, 1.54) is 18.3 Å². The molecule has 0 aliphatic rings. The Morgan fingerprint density at radius 3 is 2.71 bits per heavy atom. The Bertz CT molecular complexity index is 944. The second-order valence-electron chi connectivity index (χ2n) is 5.06. The minimum absolute atomic E-state index is 0.300. The predicted octanol–water partition coefficient (Wildman–Crippen LogP) is 4.38. The quantitative estimate of drug-likeness (QED) is 0.776. The summed E-state index contributed by atoms with van der Waals surface area (Å²) in [6.07, 6.45) is 3.19. The van der Waals surface area contributed by atoms with Crippen LogP contribution in [0.5, 0.6) is 0 Å². The predicted molar refractivity (Wildman–Crippen MR) is 91.4 cm³/mol.